The highest BCUT2D eigenvalue weighted by Gasteiger charge is 2.25. The van der Waals surface area contributed by atoms with E-state index in [0.29, 0.717) is 18.5 Å². The van der Waals surface area contributed by atoms with Gasteiger partial charge in [-0.25, -0.2) is 0 Å². The Kier molecular flexibility index (Phi) is 6.32. The quantitative estimate of drug-likeness (QED) is 0.763. The molecule has 6 heteroatoms. The van der Waals surface area contributed by atoms with Crippen molar-refractivity contribution in [3.05, 3.63) is 64.7 Å². The van der Waals surface area contributed by atoms with Crippen LogP contribution in [0.1, 0.15) is 52.9 Å². The number of carbonyl (C=O) groups excluding carboxylic acids is 3. The van der Waals surface area contributed by atoms with Crippen LogP contribution in [0, 0.1) is 6.92 Å². The molecule has 0 aliphatic carbocycles. The van der Waals surface area contributed by atoms with Crippen molar-refractivity contribution in [2.24, 2.45) is 0 Å². The zero-order valence-corrected chi connectivity index (χ0v) is 17.0. The number of aryl methyl sites for hydroxylation is 1. The van der Waals surface area contributed by atoms with Crippen molar-refractivity contribution in [1.82, 2.24) is 5.32 Å². The van der Waals surface area contributed by atoms with Crippen molar-refractivity contribution < 1.29 is 19.1 Å². The molecule has 1 N–H and O–H groups in total. The molecule has 0 fully saturated rings. The van der Waals surface area contributed by atoms with Crippen LogP contribution < -0.4 is 10.2 Å². The third-order valence-electron chi connectivity index (χ3n) is 5.22. The lowest BCUT2D eigenvalue weighted by Gasteiger charge is -2.19. The standard InChI is InChI=1S/C23H26N2O4/c1-4-21(26)25-12-11-17-13-18(9-10-20(17)25)23(28)24-19(14-22(27)29-3)16-7-5-15(2)6-8-16/h5-10,13,19H,4,11-12,14H2,1-3H3,(H,24,28)/t19-/m0/s1. The molecule has 29 heavy (non-hydrogen) atoms. The Hall–Kier alpha value is -3.15. The number of ether oxygens (including phenoxy) is 1. The zero-order chi connectivity index (χ0) is 21.0. The van der Waals surface area contributed by atoms with E-state index in [-0.39, 0.29) is 18.2 Å². The molecule has 3 rings (SSSR count). The van der Waals surface area contributed by atoms with Gasteiger partial charge in [-0.3, -0.25) is 14.4 Å². The molecule has 1 atom stereocenters. The molecule has 0 spiro atoms. The average molecular weight is 394 g/mol. The van der Waals surface area contributed by atoms with E-state index < -0.39 is 12.0 Å². The van der Waals surface area contributed by atoms with E-state index in [4.69, 9.17) is 4.74 Å². The molecule has 0 unspecified atom stereocenters. The van der Waals surface area contributed by atoms with Gasteiger partial charge in [0, 0.05) is 24.2 Å². The lowest BCUT2D eigenvalue weighted by atomic mass is 10.0. The van der Waals surface area contributed by atoms with Crippen LogP contribution in [0.3, 0.4) is 0 Å². The maximum atomic E-state index is 12.9. The second kappa shape index (κ2) is 8.90. The molecule has 0 aromatic heterocycles. The van der Waals surface area contributed by atoms with Crippen molar-refractivity contribution in [2.45, 2.75) is 39.2 Å². The number of hydrogen-bond donors (Lipinski definition) is 1. The van der Waals surface area contributed by atoms with E-state index in [1.165, 1.54) is 7.11 Å². The Morgan fingerprint density at radius 1 is 1.14 bits per heavy atom. The number of hydrogen-bond acceptors (Lipinski definition) is 4. The number of methoxy groups -OCH3 is 1. The molecule has 2 amide bonds. The summed E-state index contributed by atoms with van der Waals surface area (Å²) < 4.78 is 4.79. The molecule has 1 aliphatic heterocycles. The average Bonchev–Trinajstić information content (AvgIpc) is 3.16. The Labute approximate surface area is 170 Å². The van der Waals surface area contributed by atoms with Gasteiger partial charge in [0.05, 0.1) is 19.6 Å². The largest absolute Gasteiger partial charge is 0.469 e. The molecular weight excluding hydrogens is 368 g/mol. The molecule has 152 valence electrons. The van der Waals surface area contributed by atoms with Crippen LogP contribution in [0.25, 0.3) is 0 Å². The Balaban J connectivity index is 1.80. The van der Waals surface area contributed by atoms with E-state index in [0.717, 1.165) is 28.8 Å². The smallest absolute Gasteiger partial charge is 0.307 e. The first-order valence-electron chi connectivity index (χ1n) is 9.80. The van der Waals surface area contributed by atoms with Crippen molar-refractivity contribution >= 4 is 23.5 Å². The molecule has 1 aliphatic rings. The van der Waals surface area contributed by atoms with E-state index in [9.17, 15) is 14.4 Å². The van der Waals surface area contributed by atoms with Crippen LogP contribution in [0.5, 0.6) is 0 Å². The minimum Gasteiger partial charge on any atom is -0.469 e. The summed E-state index contributed by atoms with van der Waals surface area (Å²) in [5.41, 5.74) is 4.31. The molecule has 0 saturated carbocycles. The molecular formula is C23H26N2O4. The van der Waals surface area contributed by atoms with Gasteiger partial charge < -0.3 is 15.0 Å². The summed E-state index contributed by atoms with van der Waals surface area (Å²) in [6.07, 6.45) is 1.23. The fourth-order valence-electron chi connectivity index (χ4n) is 3.54. The van der Waals surface area contributed by atoms with E-state index >= 15 is 0 Å². The summed E-state index contributed by atoms with van der Waals surface area (Å²) in [4.78, 5) is 38.6. The second-order valence-corrected chi connectivity index (χ2v) is 7.21. The number of rotatable bonds is 6. The first-order chi connectivity index (χ1) is 13.9. The van der Waals surface area contributed by atoms with Gasteiger partial charge in [-0.05, 0) is 42.7 Å². The van der Waals surface area contributed by atoms with Gasteiger partial charge in [-0.2, -0.15) is 0 Å². The summed E-state index contributed by atoms with van der Waals surface area (Å²) in [5, 5.41) is 2.95. The number of benzene rings is 2. The van der Waals surface area contributed by atoms with Crippen molar-refractivity contribution in [2.75, 3.05) is 18.6 Å². The van der Waals surface area contributed by atoms with Gasteiger partial charge in [-0.15, -0.1) is 0 Å². The molecule has 1 heterocycles. The zero-order valence-electron chi connectivity index (χ0n) is 17.0. The van der Waals surface area contributed by atoms with Crippen LogP contribution >= 0.6 is 0 Å². The Morgan fingerprint density at radius 2 is 1.86 bits per heavy atom. The van der Waals surface area contributed by atoms with E-state index in [1.54, 1.807) is 11.0 Å². The fraction of sp³-hybridized carbons (Fsp3) is 0.348. The molecule has 0 saturated heterocycles. The van der Waals surface area contributed by atoms with Crippen LogP contribution in [0.4, 0.5) is 5.69 Å². The third kappa shape index (κ3) is 4.65. The highest BCUT2D eigenvalue weighted by atomic mass is 16.5. The van der Waals surface area contributed by atoms with Gasteiger partial charge in [0.1, 0.15) is 0 Å². The second-order valence-electron chi connectivity index (χ2n) is 7.21. The van der Waals surface area contributed by atoms with Gasteiger partial charge in [-0.1, -0.05) is 36.8 Å². The van der Waals surface area contributed by atoms with Crippen LogP contribution in [-0.2, 0) is 20.7 Å². The number of carbonyl (C=O) groups is 3. The molecule has 2 aromatic carbocycles. The fourth-order valence-corrected chi connectivity index (χ4v) is 3.54. The third-order valence-corrected chi connectivity index (χ3v) is 5.22. The lowest BCUT2D eigenvalue weighted by Crippen LogP contribution is -2.30. The predicted octanol–water partition coefficient (Wildman–Crippen LogP) is 3.33. The number of fused-ring (bicyclic) bond motifs is 1. The van der Waals surface area contributed by atoms with Gasteiger partial charge in [0.2, 0.25) is 5.91 Å². The number of esters is 1. The van der Waals surface area contributed by atoms with Gasteiger partial charge in [0.25, 0.3) is 5.91 Å². The summed E-state index contributed by atoms with van der Waals surface area (Å²) in [7, 11) is 1.33. The molecule has 6 nitrogen and oxygen atoms in total. The van der Waals surface area contributed by atoms with Crippen molar-refractivity contribution in [3.63, 3.8) is 0 Å². The van der Waals surface area contributed by atoms with E-state index in [1.807, 2.05) is 50.2 Å². The number of nitrogens with zero attached hydrogens (tertiary/aromatic N) is 1. The summed E-state index contributed by atoms with van der Waals surface area (Å²) in [5.74, 6) is -0.570. The number of nitrogens with one attached hydrogen (secondary N) is 1. The number of anilines is 1. The topological polar surface area (TPSA) is 75.7 Å². The monoisotopic (exact) mass is 394 g/mol. The van der Waals surface area contributed by atoms with Crippen LogP contribution in [-0.4, -0.2) is 31.4 Å². The highest BCUT2D eigenvalue weighted by Crippen LogP contribution is 2.29. The molecule has 0 radical (unpaired) electrons. The maximum absolute atomic E-state index is 12.9. The predicted molar refractivity (Wildman–Crippen MR) is 111 cm³/mol. The summed E-state index contributed by atoms with van der Waals surface area (Å²) in [6.45, 7) is 4.46. The first kappa shape index (κ1) is 20.6. The Bertz CT molecular complexity index is 921. The van der Waals surface area contributed by atoms with Gasteiger partial charge in [0.15, 0.2) is 0 Å². The SMILES string of the molecule is CCC(=O)N1CCc2cc(C(=O)N[C@@H](CC(=O)OC)c3ccc(C)cc3)ccc21. The van der Waals surface area contributed by atoms with Gasteiger partial charge >= 0.3 is 5.97 Å². The minimum atomic E-state index is -0.484. The Morgan fingerprint density at radius 3 is 2.52 bits per heavy atom. The normalized spacial score (nSPS) is 13.6. The van der Waals surface area contributed by atoms with Crippen LogP contribution in [0.15, 0.2) is 42.5 Å². The van der Waals surface area contributed by atoms with Crippen molar-refractivity contribution in [3.8, 4) is 0 Å². The highest BCUT2D eigenvalue weighted by molar-refractivity contribution is 5.98. The van der Waals surface area contributed by atoms with Crippen molar-refractivity contribution in [1.29, 1.82) is 0 Å². The number of amides is 2. The summed E-state index contributed by atoms with van der Waals surface area (Å²) >= 11 is 0. The van der Waals surface area contributed by atoms with E-state index in [2.05, 4.69) is 5.32 Å². The maximum Gasteiger partial charge on any atom is 0.307 e. The minimum absolute atomic E-state index is 0.0506. The molecule has 0 bridgehead atoms. The van der Waals surface area contributed by atoms with Crippen LogP contribution in [0.2, 0.25) is 0 Å². The molecule has 2 aromatic rings. The first-order valence-corrected chi connectivity index (χ1v) is 9.80. The lowest BCUT2D eigenvalue weighted by molar-refractivity contribution is -0.141. The summed E-state index contributed by atoms with van der Waals surface area (Å²) in [6, 6.07) is 12.6.